The van der Waals surface area contributed by atoms with Crippen molar-refractivity contribution in [3.8, 4) is 0 Å². The fraction of sp³-hybridized carbons (Fsp3) is 0.412. The lowest BCUT2D eigenvalue weighted by molar-refractivity contribution is -0.116. The van der Waals surface area contributed by atoms with Crippen molar-refractivity contribution < 1.29 is 9.59 Å². The molecule has 5 heteroatoms. The van der Waals surface area contributed by atoms with Crippen LogP contribution < -0.4 is 10.6 Å². The molecule has 2 amide bonds. The SMILES string of the molecule is CCN(CC)CCNC(=O)/C=C/c1ccc(NC(C)=O)cc1. The molecule has 0 aliphatic heterocycles. The average Bonchev–Trinajstić information content (AvgIpc) is 2.50. The summed E-state index contributed by atoms with van der Waals surface area (Å²) in [6.07, 6.45) is 3.28. The Hall–Kier alpha value is -2.14. The Kier molecular flexibility index (Phi) is 7.92. The number of rotatable bonds is 8. The third kappa shape index (κ3) is 7.04. The molecule has 0 saturated carbocycles. The van der Waals surface area contributed by atoms with Crippen molar-refractivity contribution in [2.24, 2.45) is 0 Å². The number of nitrogens with zero attached hydrogens (tertiary/aromatic N) is 1. The summed E-state index contributed by atoms with van der Waals surface area (Å²) in [5.41, 5.74) is 1.65. The second kappa shape index (κ2) is 9.73. The van der Waals surface area contributed by atoms with Gasteiger partial charge in [-0.2, -0.15) is 0 Å². The molecule has 0 unspecified atom stereocenters. The first-order valence-electron chi connectivity index (χ1n) is 7.61. The van der Waals surface area contributed by atoms with E-state index in [4.69, 9.17) is 0 Å². The lowest BCUT2D eigenvalue weighted by Crippen LogP contribution is -2.34. The van der Waals surface area contributed by atoms with Gasteiger partial charge in [0.15, 0.2) is 0 Å². The minimum atomic E-state index is -0.101. The predicted molar refractivity (Wildman–Crippen MR) is 90.6 cm³/mol. The van der Waals surface area contributed by atoms with Gasteiger partial charge in [-0.15, -0.1) is 0 Å². The zero-order valence-corrected chi connectivity index (χ0v) is 13.6. The molecule has 5 nitrogen and oxygen atoms in total. The van der Waals surface area contributed by atoms with Crippen LogP contribution >= 0.6 is 0 Å². The molecule has 120 valence electrons. The number of nitrogens with one attached hydrogen (secondary N) is 2. The molecule has 0 bridgehead atoms. The van der Waals surface area contributed by atoms with Gasteiger partial charge >= 0.3 is 0 Å². The molecular weight excluding hydrogens is 278 g/mol. The van der Waals surface area contributed by atoms with Gasteiger partial charge in [0.05, 0.1) is 0 Å². The molecule has 0 fully saturated rings. The third-order valence-electron chi connectivity index (χ3n) is 3.28. The number of hydrogen-bond acceptors (Lipinski definition) is 3. The first-order chi connectivity index (χ1) is 10.5. The van der Waals surface area contributed by atoms with Gasteiger partial charge in [-0.05, 0) is 36.9 Å². The average molecular weight is 303 g/mol. The summed E-state index contributed by atoms with van der Waals surface area (Å²) >= 11 is 0. The molecule has 1 rings (SSSR count). The molecule has 1 aromatic rings. The van der Waals surface area contributed by atoms with Gasteiger partial charge in [0.25, 0.3) is 0 Å². The van der Waals surface area contributed by atoms with E-state index < -0.39 is 0 Å². The standard InChI is InChI=1S/C17H25N3O2/c1-4-20(5-2)13-12-18-17(22)11-8-15-6-9-16(10-7-15)19-14(3)21/h6-11H,4-5,12-13H2,1-3H3,(H,18,22)(H,19,21)/b11-8+. The van der Waals surface area contributed by atoms with Gasteiger partial charge in [0.1, 0.15) is 0 Å². The fourth-order valence-corrected chi connectivity index (χ4v) is 1.99. The molecule has 0 atom stereocenters. The smallest absolute Gasteiger partial charge is 0.244 e. The largest absolute Gasteiger partial charge is 0.351 e. The van der Waals surface area contributed by atoms with E-state index in [1.807, 2.05) is 12.1 Å². The van der Waals surface area contributed by atoms with Crippen LogP contribution in [0.5, 0.6) is 0 Å². The minimum Gasteiger partial charge on any atom is -0.351 e. The van der Waals surface area contributed by atoms with E-state index in [9.17, 15) is 9.59 Å². The highest BCUT2D eigenvalue weighted by molar-refractivity contribution is 5.92. The predicted octanol–water partition coefficient (Wildman–Crippen LogP) is 2.12. The van der Waals surface area contributed by atoms with Gasteiger partial charge in [-0.25, -0.2) is 0 Å². The van der Waals surface area contributed by atoms with E-state index in [1.165, 1.54) is 13.0 Å². The molecule has 0 heterocycles. The maximum atomic E-state index is 11.7. The molecule has 0 aliphatic carbocycles. The first kappa shape index (κ1) is 17.9. The van der Waals surface area contributed by atoms with E-state index in [0.29, 0.717) is 6.54 Å². The third-order valence-corrected chi connectivity index (χ3v) is 3.28. The highest BCUT2D eigenvalue weighted by Crippen LogP contribution is 2.10. The number of carbonyl (C=O) groups is 2. The van der Waals surface area contributed by atoms with Crippen molar-refractivity contribution in [3.63, 3.8) is 0 Å². The Morgan fingerprint density at radius 3 is 2.32 bits per heavy atom. The maximum Gasteiger partial charge on any atom is 0.244 e. The Labute approximate surface area is 132 Å². The van der Waals surface area contributed by atoms with Crippen molar-refractivity contribution in [3.05, 3.63) is 35.9 Å². The van der Waals surface area contributed by atoms with Crippen molar-refractivity contribution in [2.45, 2.75) is 20.8 Å². The van der Waals surface area contributed by atoms with E-state index in [-0.39, 0.29) is 11.8 Å². The van der Waals surface area contributed by atoms with Gasteiger partial charge in [0, 0.05) is 31.8 Å². The van der Waals surface area contributed by atoms with Crippen LogP contribution in [0.15, 0.2) is 30.3 Å². The van der Waals surface area contributed by atoms with Crippen LogP contribution in [0, 0.1) is 0 Å². The molecule has 22 heavy (non-hydrogen) atoms. The van der Waals surface area contributed by atoms with Gasteiger partial charge in [-0.3, -0.25) is 9.59 Å². The summed E-state index contributed by atoms with van der Waals surface area (Å²) in [4.78, 5) is 24.9. The molecule has 1 aromatic carbocycles. The monoisotopic (exact) mass is 303 g/mol. The van der Waals surface area contributed by atoms with Crippen LogP contribution in [0.2, 0.25) is 0 Å². The van der Waals surface area contributed by atoms with Crippen LogP contribution in [0.25, 0.3) is 6.08 Å². The van der Waals surface area contributed by atoms with Crippen LogP contribution in [0.3, 0.4) is 0 Å². The number of carbonyl (C=O) groups excluding carboxylic acids is 2. The number of likely N-dealkylation sites (N-methyl/N-ethyl adjacent to an activating group) is 1. The van der Waals surface area contributed by atoms with Gasteiger partial charge < -0.3 is 15.5 Å². The lowest BCUT2D eigenvalue weighted by atomic mass is 10.2. The van der Waals surface area contributed by atoms with E-state index >= 15 is 0 Å². The lowest BCUT2D eigenvalue weighted by Gasteiger charge is -2.17. The molecule has 0 aromatic heterocycles. The summed E-state index contributed by atoms with van der Waals surface area (Å²) in [5, 5.41) is 5.56. The molecule has 2 N–H and O–H groups in total. The topological polar surface area (TPSA) is 61.4 Å². The van der Waals surface area contributed by atoms with Gasteiger partial charge in [-0.1, -0.05) is 26.0 Å². The Bertz CT molecular complexity index is 505. The molecule has 0 aliphatic rings. The Morgan fingerprint density at radius 1 is 1.14 bits per heavy atom. The van der Waals surface area contributed by atoms with Crippen molar-refractivity contribution in [1.29, 1.82) is 0 Å². The van der Waals surface area contributed by atoms with E-state index in [0.717, 1.165) is 30.9 Å². The van der Waals surface area contributed by atoms with Crippen molar-refractivity contribution in [1.82, 2.24) is 10.2 Å². The highest BCUT2D eigenvalue weighted by atomic mass is 16.2. The Morgan fingerprint density at radius 2 is 1.77 bits per heavy atom. The van der Waals surface area contributed by atoms with E-state index in [1.54, 1.807) is 18.2 Å². The number of amides is 2. The molecule has 0 saturated heterocycles. The number of benzene rings is 1. The fourth-order valence-electron chi connectivity index (χ4n) is 1.99. The Balaban J connectivity index is 2.40. The first-order valence-corrected chi connectivity index (χ1v) is 7.61. The summed E-state index contributed by atoms with van der Waals surface area (Å²) in [6.45, 7) is 9.16. The maximum absolute atomic E-state index is 11.7. The second-order valence-corrected chi connectivity index (χ2v) is 4.95. The summed E-state index contributed by atoms with van der Waals surface area (Å²) in [7, 11) is 0. The highest BCUT2D eigenvalue weighted by Gasteiger charge is 2.00. The summed E-state index contributed by atoms with van der Waals surface area (Å²) < 4.78 is 0. The molecule has 0 radical (unpaired) electrons. The normalized spacial score (nSPS) is 10.9. The second-order valence-electron chi connectivity index (χ2n) is 4.95. The van der Waals surface area contributed by atoms with E-state index in [2.05, 4.69) is 29.4 Å². The summed E-state index contributed by atoms with van der Waals surface area (Å²) in [5.74, 6) is -0.200. The van der Waals surface area contributed by atoms with Crippen LogP contribution in [0.1, 0.15) is 26.3 Å². The molecular formula is C17H25N3O2. The van der Waals surface area contributed by atoms with Crippen LogP contribution in [-0.4, -0.2) is 42.9 Å². The van der Waals surface area contributed by atoms with Crippen molar-refractivity contribution in [2.75, 3.05) is 31.5 Å². The minimum absolute atomic E-state index is 0.0990. The number of anilines is 1. The zero-order chi connectivity index (χ0) is 16.4. The van der Waals surface area contributed by atoms with Gasteiger partial charge in [0.2, 0.25) is 11.8 Å². The molecule has 0 spiro atoms. The van der Waals surface area contributed by atoms with Crippen molar-refractivity contribution >= 4 is 23.6 Å². The quantitative estimate of drug-likeness (QED) is 0.723. The number of hydrogen-bond donors (Lipinski definition) is 2. The van der Waals surface area contributed by atoms with Crippen LogP contribution in [-0.2, 0) is 9.59 Å². The zero-order valence-electron chi connectivity index (χ0n) is 13.6. The van der Waals surface area contributed by atoms with Crippen LogP contribution in [0.4, 0.5) is 5.69 Å². The summed E-state index contributed by atoms with van der Waals surface area (Å²) in [6, 6.07) is 7.31.